The molecule has 1 fully saturated rings. The minimum Gasteiger partial charge on any atom is -0.459 e. The number of alkyl halides is 2. The second kappa shape index (κ2) is 8.28. The lowest BCUT2D eigenvalue weighted by Crippen LogP contribution is -2.49. The average molecular weight is 421 g/mol. The molecule has 2 rings (SSSR count). The van der Waals surface area contributed by atoms with E-state index in [2.05, 4.69) is 10.0 Å². The predicted molar refractivity (Wildman–Crippen MR) is 82.8 cm³/mol. The first-order valence-electron chi connectivity index (χ1n) is 6.41. The number of hydrogen-bond acceptors (Lipinski definition) is 5. The number of carbonyl (C=O) groups excluding carboxylic acids is 1. The van der Waals surface area contributed by atoms with Crippen LogP contribution in [0.2, 0.25) is 0 Å². The van der Waals surface area contributed by atoms with Crippen molar-refractivity contribution in [2.24, 2.45) is 5.11 Å². The summed E-state index contributed by atoms with van der Waals surface area (Å²) in [6, 6.07) is 7.92. The quantitative estimate of drug-likeness (QED) is 0.176. The van der Waals surface area contributed by atoms with Crippen LogP contribution in [0.4, 0.5) is 4.39 Å². The lowest BCUT2D eigenvalue weighted by atomic mass is 10.1. The van der Waals surface area contributed by atoms with E-state index < -0.39 is 28.7 Å². The van der Waals surface area contributed by atoms with Crippen molar-refractivity contribution in [3.05, 3.63) is 46.3 Å². The summed E-state index contributed by atoms with van der Waals surface area (Å²) in [6.45, 7) is 0.255. The van der Waals surface area contributed by atoms with Crippen molar-refractivity contribution in [1.29, 1.82) is 0 Å². The van der Waals surface area contributed by atoms with Crippen LogP contribution in [-0.4, -0.2) is 35.5 Å². The van der Waals surface area contributed by atoms with E-state index >= 15 is 0 Å². The van der Waals surface area contributed by atoms with E-state index in [0.29, 0.717) is 0 Å². The molecular weight excluding hydrogens is 408 g/mol. The molecular formula is C13H13FIN3O4. The Morgan fingerprint density at radius 1 is 1.50 bits per heavy atom. The molecule has 1 aromatic carbocycles. The van der Waals surface area contributed by atoms with Gasteiger partial charge in [-0.05, 0) is 28.1 Å². The Labute approximate surface area is 139 Å². The highest BCUT2D eigenvalue weighted by atomic mass is 127. The fourth-order valence-electron chi connectivity index (χ4n) is 2.14. The summed E-state index contributed by atoms with van der Waals surface area (Å²) in [5, 5.41) is 3.43. The smallest absolute Gasteiger partial charge is 0.293 e. The second-order valence-electron chi connectivity index (χ2n) is 4.48. The Morgan fingerprint density at radius 2 is 2.23 bits per heavy atom. The third-order valence-electron chi connectivity index (χ3n) is 3.14. The Balaban J connectivity index is 2.23. The summed E-state index contributed by atoms with van der Waals surface area (Å²) in [7, 11) is 0. The maximum Gasteiger partial charge on any atom is 0.293 e. The van der Waals surface area contributed by atoms with Crippen LogP contribution in [0.25, 0.3) is 10.4 Å². The van der Waals surface area contributed by atoms with E-state index in [-0.39, 0.29) is 13.1 Å². The van der Waals surface area contributed by atoms with E-state index in [1.54, 1.807) is 12.1 Å². The van der Waals surface area contributed by atoms with Gasteiger partial charge in [0.1, 0.15) is 12.1 Å². The monoisotopic (exact) mass is 421 g/mol. The van der Waals surface area contributed by atoms with E-state index in [0.717, 1.165) is 5.56 Å². The van der Waals surface area contributed by atoms with Crippen molar-refractivity contribution in [3.63, 3.8) is 0 Å². The van der Waals surface area contributed by atoms with Crippen molar-refractivity contribution < 1.29 is 23.4 Å². The maximum absolute atomic E-state index is 13.7. The molecule has 0 N–H and O–H groups in total. The van der Waals surface area contributed by atoms with Crippen LogP contribution in [0.1, 0.15) is 11.9 Å². The molecule has 0 aliphatic carbocycles. The van der Waals surface area contributed by atoms with Crippen LogP contribution in [0.5, 0.6) is 0 Å². The number of hydrogen-bond donors (Lipinski definition) is 0. The van der Waals surface area contributed by atoms with Crippen LogP contribution in [0.3, 0.4) is 0 Å². The Bertz CT molecular complexity index is 541. The number of carbonyl (C=O) groups is 1. The number of benzene rings is 1. The first kappa shape index (κ1) is 16.9. The second-order valence-corrected chi connectivity index (χ2v) is 5.67. The number of nitrogens with zero attached hydrogens (tertiary/aromatic N) is 3. The van der Waals surface area contributed by atoms with E-state index in [9.17, 15) is 9.18 Å². The van der Waals surface area contributed by atoms with Gasteiger partial charge in [0.2, 0.25) is 0 Å². The SMILES string of the molecule is [N-]=[N+]=N[C@H](C(F)I)[C@@H]1O[C@H](c2ccccc2)OC[C@H]1OC=O. The minimum atomic E-state index is -1.49. The van der Waals surface area contributed by atoms with Gasteiger partial charge in [0.25, 0.3) is 6.47 Å². The lowest BCUT2D eigenvalue weighted by Gasteiger charge is -2.38. The topological polar surface area (TPSA) is 93.5 Å². The molecule has 1 unspecified atom stereocenters. The molecule has 118 valence electrons. The average Bonchev–Trinajstić information content (AvgIpc) is 2.54. The molecule has 0 saturated carbocycles. The number of ether oxygens (including phenoxy) is 3. The number of rotatable bonds is 6. The zero-order chi connectivity index (χ0) is 15.9. The van der Waals surface area contributed by atoms with Crippen molar-refractivity contribution >= 4 is 29.1 Å². The molecule has 1 aliphatic heterocycles. The molecule has 5 atom stereocenters. The van der Waals surface area contributed by atoms with Crippen LogP contribution < -0.4 is 0 Å². The third kappa shape index (κ3) is 4.07. The molecule has 0 bridgehead atoms. The highest BCUT2D eigenvalue weighted by Gasteiger charge is 2.41. The zero-order valence-corrected chi connectivity index (χ0v) is 13.4. The summed E-state index contributed by atoms with van der Waals surface area (Å²) >= 11 is 1.49. The summed E-state index contributed by atoms with van der Waals surface area (Å²) in [6.07, 6.45) is -2.53. The molecule has 1 aromatic rings. The lowest BCUT2D eigenvalue weighted by molar-refractivity contribution is -0.264. The van der Waals surface area contributed by atoms with Crippen molar-refractivity contribution in [2.45, 2.75) is 28.7 Å². The zero-order valence-electron chi connectivity index (χ0n) is 11.3. The predicted octanol–water partition coefficient (Wildman–Crippen LogP) is 3.05. The highest BCUT2D eigenvalue weighted by Crippen LogP contribution is 2.32. The fraction of sp³-hybridized carbons (Fsp3) is 0.462. The van der Waals surface area contributed by atoms with Gasteiger partial charge in [-0.1, -0.05) is 35.4 Å². The summed E-state index contributed by atoms with van der Waals surface area (Å²) < 4.78 is 28.3. The van der Waals surface area contributed by atoms with E-state index in [1.165, 1.54) is 22.6 Å². The molecule has 0 spiro atoms. The molecule has 1 aliphatic rings. The van der Waals surface area contributed by atoms with Crippen molar-refractivity contribution in [2.75, 3.05) is 6.61 Å². The molecule has 0 amide bonds. The molecule has 7 nitrogen and oxygen atoms in total. The first-order valence-corrected chi connectivity index (χ1v) is 7.65. The van der Waals surface area contributed by atoms with Gasteiger partial charge in [-0.2, -0.15) is 0 Å². The van der Waals surface area contributed by atoms with E-state index in [1.807, 2.05) is 18.2 Å². The molecule has 22 heavy (non-hydrogen) atoms. The van der Waals surface area contributed by atoms with Gasteiger partial charge in [-0.25, -0.2) is 4.39 Å². The molecule has 0 radical (unpaired) electrons. The Morgan fingerprint density at radius 3 is 2.82 bits per heavy atom. The maximum atomic E-state index is 13.7. The van der Waals surface area contributed by atoms with Crippen molar-refractivity contribution in [1.82, 2.24) is 0 Å². The van der Waals surface area contributed by atoms with Gasteiger partial charge in [-0.3, -0.25) is 4.79 Å². The standard InChI is InChI=1S/C13H13FIN3O4/c14-12(15)10(17-18-16)11-9(21-7-19)6-20-13(22-11)8-4-2-1-3-5-8/h1-5,7,9-13H,6H2/t9-,10+,11-,12?,13-/m1/s1. The summed E-state index contributed by atoms with van der Waals surface area (Å²) in [5.41, 5.74) is 9.34. The normalized spacial score (nSPS) is 27.3. The Hall–Kier alpha value is -1.42. The van der Waals surface area contributed by atoms with Gasteiger partial charge in [0, 0.05) is 10.5 Å². The first-order chi connectivity index (χ1) is 10.7. The Kier molecular flexibility index (Phi) is 6.37. The molecule has 9 heteroatoms. The van der Waals surface area contributed by atoms with Crippen LogP contribution in [0.15, 0.2) is 35.4 Å². The van der Waals surface area contributed by atoms with E-state index in [4.69, 9.17) is 19.7 Å². The van der Waals surface area contributed by atoms with Gasteiger partial charge < -0.3 is 14.2 Å². The number of azide groups is 1. The summed E-state index contributed by atoms with van der Waals surface area (Å²) in [4.78, 5) is 13.2. The van der Waals surface area contributed by atoms with Crippen molar-refractivity contribution in [3.8, 4) is 0 Å². The molecule has 1 heterocycles. The molecule has 0 aromatic heterocycles. The van der Waals surface area contributed by atoms with Gasteiger partial charge in [0.05, 0.1) is 6.61 Å². The summed E-state index contributed by atoms with van der Waals surface area (Å²) in [5.74, 6) is 0. The fourth-order valence-corrected chi connectivity index (χ4v) is 2.69. The number of halogens is 2. The van der Waals surface area contributed by atoms with Gasteiger partial charge >= 0.3 is 0 Å². The largest absolute Gasteiger partial charge is 0.459 e. The van der Waals surface area contributed by atoms with Gasteiger partial charge in [-0.15, -0.1) is 0 Å². The van der Waals surface area contributed by atoms with Gasteiger partial charge in [0.15, 0.2) is 16.6 Å². The third-order valence-corrected chi connectivity index (χ3v) is 3.88. The van der Waals surface area contributed by atoms with Crippen LogP contribution in [-0.2, 0) is 19.0 Å². The minimum absolute atomic E-state index is 0.0176. The van der Waals surface area contributed by atoms with Crippen LogP contribution >= 0.6 is 22.6 Å². The highest BCUT2D eigenvalue weighted by molar-refractivity contribution is 14.1. The van der Waals surface area contributed by atoms with Crippen LogP contribution in [0, 0.1) is 0 Å². The molecule has 1 saturated heterocycles.